The highest BCUT2D eigenvalue weighted by atomic mass is 16.6. The summed E-state index contributed by atoms with van der Waals surface area (Å²) in [7, 11) is 1.88. The Bertz CT molecular complexity index is 716. The molecule has 96 valence electrons. The lowest BCUT2D eigenvalue weighted by atomic mass is 10.2. The van der Waals surface area contributed by atoms with Gasteiger partial charge < -0.3 is 14.5 Å². The van der Waals surface area contributed by atoms with Gasteiger partial charge in [0.15, 0.2) is 11.5 Å². The van der Waals surface area contributed by atoms with Crippen molar-refractivity contribution in [1.82, 2.24) is 19.7 Å². The van der Waals surface area contributed by atoms with E-state index in [4.69, 9.17) is 9.47 Å². The molecule has 1 N–H and O–H groups in total. The lowest BCUT2D eigenvalue weighted by Gasteiger charge is -2.17. The lowest BCUT2D eigenvalue weighted by Crippen LogP contribution is -2.15. The fraction of sp³-hybridized carbons (Fsp3) is 0.231. The number of aromatic amines is 1. The van der Waals surface area contributed by atoms with Gasteiger partial charge >= 0.3 is 0 Å². The fourth-order valence-electron chi connectivity index (χ4n) is 2.23. The summed E-state index contributed by atoms with van der Waals surface area (Å²) >= 11 is 0. The molecule has 6 heteroatoms. The maximum Gasteiger partial charge on any atom is 0.163 e. The van der Waals surface area contributed by atoms with Crippen LogP contribution in [0, 0.1) is 0 Å². The monoisotopic (exact) mass is 256 g/mol. The van der Waals surface area contributed by atoms with E-state index >= 15 is 0 Å². The number of imidazole rings is 1. The van der Waals surface area contributed by atoms with Gasteiger partial charge in [0.25, 0.3) is 0 Å². The van der Waals surface area contributed by atoms with Crippen LogP contribution < -0.4 is 9.47 Å². The third-order valence-corrected chi connectivity index (χ3v) is 3.12. The molecule has 6 nitrogen and oxygen atoms in total. The topological polar surface area (TPSA) is 65.0 Å². The van der Waals surface area contributed by atoms with Crippen molar-refractivity contribution in [3.8, 4) is 22.9 Å². The molecule has 1 aliphatic rings. The second kappa shape index (κ2) is 3.74. The van der Waals surface area contributed by atoms with Gasteiger partial charge in [-0.2, -0.15) is 5.10 Å². The summed E-state index contributed by atoms with van der Waals surface area (Å²) in [5.74, 6) is 2.31. The molecule has 0 unspecified atom stereocenters. The summed E-state index contributed by atoms with van der Waals surface area (Å²) in [6.45, 7) is 1.17. The van der Waals surface area contributed by atoms with Crippen molar-refractivity contribution in [2.75, 3.05) is 13.2 Å². The van der Waals surface area contributed by atoms with Gasteiger partial charge in [-0.05, 0) is 0 Å². The van der Waals surface area contributed by atoms with E-state index in [1.807, 2.05) is 25.4 Å². The Balaban J connectivity index is 1.87. The number of fused-ring (bicyclic) bond motifs is 2. The predicted octanol–water partition coefficient (Wildman–Crippen LogP) is 1.73. The number of nitrogens with zero attached hydrogens (tertiary/aromatic N) is 3. The Morgan fingerprint density at radius 1 is 1.21 bits per heavy atom. The molecular formula is C13H12N4O2. The van der Waals surface area contributed by atoms with Crippen LogP contribution in [0.5, 0.6) is 11.5 Å². The minimum absolute atomic E-state index is 0.582. The van der Waals surface area contributed by atoms with Crippen LogP contribution in [0.2, 0.25) is 0 Å². The van der Waals surface area contributed by atoms with E-state index < -0.39 is 0 Å². The predicted molar refractivity (Wildman–Crippen MR) is 69.3 cm³/mol. The van der Waals surface area contributed by atoms with Crippen LogP contribution in [0.25, 0.3) is 22.4 Å². The third kappa shape index (κ3) is 1.64. The zero-order valence-corrected chi connectivity index (χ0v) is 10.4. The van der Waals surface area contributed by atoms with Crippen molar-refractivity contribution >= 4 is 11.0 Å². The van der Waals surface area contributed by atoms with Gasteiger partial charge in [-0.25, -0.2) is 4.98 Å². The van der Waals surface area contributed by atoms with Crippen molar-refractivity contribution in [3.63, 3.8) is 0 Å². The van der Waals surface area contributed by atoms with Gasteiger partial charge in [0.1, 0.15) is 19.0 Å². The molecule has 3 aromatic rings. The van der Waals surface area contributed by atoms with E-state index in [1.165, 1.54) is 0 Å². The molecule has 0 bridgehead atoms. The zero-order valence-electron chi connectivity index (χ0n) is 10.4. The first kappa shape index (κ1) is 10.4. The normalized spacial score (nSPS) is 13.9. The summed E-state index contributed by atoms with van der Waals surface area (Å²) in [6.07, 6.45) is 3.70. The van der Waals surface area contributed by atoms with Crippen LogP contribution in [-0.2, 0) is 7.05 Å². The van der Waals surface area contributed by atoms with Crippen molar-refractivity contribution in [3.05, 3.63) is 24.5 Å². The van der Waals surface area contributed by atoms with Crippen LogP contribution >= 0.6 is 0 Å². The first-order chi connectivity index (χ1) is 9.29. The molecule has 0 amide bonds. The number of hydrogen-bond donors (Lipinski definition) is 1. The number of aromatic nitrogens is 4. The number of hydrogen-bond acceptors (Lipinski definition) is 4. The molecule has 0 aliphatic carbocycles. The van der Waals surface area contributed by atoms with Gasteiger partial charge in [0.05, 0.1) is 22.8 Å². The van der Waals surface area contributed by atoms with Crippen LogP contribution in [-0.4, -0.2) is 33.0 Å². The molecule has 0 radical (unpaired) electrons. The SMILES string of the molecule is Cn1cc(-c2nc3cc4c(cc3[nH]2)OCCO4)cn1. The number of rotatable bonds is 1. The van der Waals surface area contributed by atoms with Gasteiger partial charge in [0, 0.05) is 25.4 Å². The average Bonchev–Trinajstić information content (AvgIpc) is 3.01. The number of H-pyrrole nitrogens is 1. The summed E-state index contributed by atoms with van der Waals surface area (Å²) in [5, 5.41) is 4.15. The quantitative estimate of drug-likeness (QED) is 0.720. The Morgan fingerprint density at radius 2 is 2.00 bits per heavy atom. The summed E-state index contributed by atoms with van der Waals surface area (Å²) in [5.41, 5.74) is 2.75. The molecule has 19 heavy (non-hydrogen) atoms. The van der Waals surface area contributed by atoms with Crippen molar-refractivity contribution in [2.45, 2.75) is 0 Å². The van der Waals surface area contributed by atoms with Gasteiger partial charge in [-0.3, -0.25) is 4.68 Å². The highest BCUT2D eigenvalue weighted by molar-refractivity contribution is 5.83. The molecule has 0 saturated heterocycles. The Hall–Kier alpha value is -2.50. The molecule has 2 aromatic heterocycles. The fourth-order valence-corrected chi connectivity index (χ4v) is 2.23. The van der Waals surface area contributed by atoms with Gasteiger partial charge in [-0.15, -0.1) is 0 Å². The Morgan fingerprint density at radius 3 is 2.74 bits per heavy atom. The maximum atomic E-state index is 5.56. The van der Waals surface area contributed by atoms with Crippen molar-refractivity contribution in [1.29, 1.82) is 0 Å². The first-order valence-corrected chi connectivity index (χ1v) is 6.08. The van der Waals surface area contributed by atoms with E-state index in [0.717, 1.165) is 33.9 Å². The lowest BCUT2D eigenvalue weighted by molar-refractivity contribution is 0.172. The molecule has 0 atom stereocenters. The largest absolute Gasteiger partial charge is 0.486 e. The van der Waals surface area contributed by atoms with Gasteiger partial charge in [0.2, 0.25) is 0 Å². The van der Waals surface area contributed by atoms with E-state index in [1.54, 1.807) is 10.9 Å². The number of nitrogens with one attached hydrogen (secondary N) is 1. The molecule has 0 saturated carbocycles. The molecule has 1 aromatic carbocycles. The molecule has 1 aliphatic heterocycles. The maximum absolute atomic E-state index is 5.56. The molecule has 0 fully saturated rings. The Labute approximate surface area is 109 Å². The van der Waals surface area contributed by atoms with Crippen LogP contribution in [0.3, 0.4) is 0 Å². The van der Waals surface area contributed by atoms with E-state index in [2.05, 4.69) is 15.1 Å². The van der Waals surface area contributed by atoms with E-state index in [-0.39, 0.29) is 0 Å². The van der Waals surface area contributed by atoms with Crippen LogP contribution in [0.1, 0.15) is 0 Å². The highest BCUT2D eigenvalue weighted by Crippen LogP contribution is 2.34. The summed E-state index contributed by atoms with van der Waals surface area (Å²) in [6, 6.07) is 3.83. The first-order valence-electron chi connectivity index (χ1n) is 6.08. The summed E-state index contributed by atoms with van der Waals surface area (Å²) in [4.78, 5) is 7.84. The molecule has 4 rings (SSSR count). The van der Waals surface area contributed by atoms with Crippen LogP contribution in [0.15, 0.2) is 24.5 Å². The van der Waals surface area contributed by atoms with Crippen LogP contribution in [0.4, 0.5) is 0 Å². The minimum Gasteiger partial charge on any atom is -0.486 e. The van der Waals surface area contributed by atoms with Crippen molar-refractivity contribution in [2.24, 2.45) is 7.05 Å². The highest BCUT2D eigenvalue weighted by Gasteiger charge is 2.15. The number of benzene rings is 1. The second-order valence-electron chi connectivity index (χ2n) is 4.50. The second-order valence-corrected chi connectivity index (χ2v) is 4.50. The molecule has 0 spiro atoms. The zero-order chi connectivity index (χ0) is 12.8. The van der Waals surface area contributed by atoms with Gasteiger partial charge in [-0.1, -0.05) is 0 Å². The van der Waals surface area contributed by atoms with E-state index in [0.29, 0.717) is 13.2 Å². The summed E-state index contributed by atoms with van der Waals surface area (Å²) < 4.78 is 12.9. The minimum atomic E-state index is 0.582. The third-order valence-electron chi connectivity index (χ3n) is 3.12. The molecule has 3 heterocycles. The molecular weight excluding hydrogens is 244 g/mol. The van der Waals surface area contributed by atoms with Crippen molar-refractivity contribution < 1.29 is 9.47 Å². The number of ether oxygens (including phenoxy) is 2. The standard InChI is InChI=1S/C13H12N4O2/c1-17-7-8(6-14-17)13-15-9-4-11-12(5-10(9)16-13)19-3-2-18-11/h4-7H,2-3H2,1H3,(H,15,16). The Kier molecular flexibility index (Phi) is 2.05. The average molecular weight is 256 g/mol. The number of aryl methyl sites for hydroxylation is 1. The smallest absolute Gasteiger partial charge is 0.163 e. The van der Waals surface area contributed by atoms with E-state index in [9.17, 15) is 0 Å².